The molecule has 2 N–H and O–H groups in total. The number of fused-ring (bicyclic) bond motifs is 1. The SMILES string of the molecule is CC(C)(Cc1ccccc1-c1cccnc1)Nc1nc(C2CNCCO2)nc(-n2c(C(F)F)nc3ccccc32)n1. The zero-order valence-electron chi connectivity index (χ0n) is 22.8. The first-order valence-corrected chi connectivity index (χ1v) is 13.5. The molecule has 11 heteroatoms. The first kappa shape index (κ1) is 26.9. The van der Waals surface area contributed by atoms with Crippen LogP contribution in [0.5, 0.6) is 0 Å². The number of hydrogen-bond donors (Lipinski definition) is 2. The van der Waals surface area contributed by atoms with Gasteiger partial charge in [0.05, 0.1) is 17.6 Å². The Hall–Kier alpha value is -4.35. The van der Waals surface area contributed by atoms with Gasteiger partial charge in [-0.15, -0.1) is 0 Å². The van der Waals surface area contributed by atoms with E-state index in [0.29, 0.717) is 43.0 Å². The summed E-state index contributed by atoms with van der Waals surface area (Å²) in [7, 11) is 0. The van der Waals surface area contributed by atoms with E-state index in [0.717, 1.165) is 16.7 Å². The molecule has 0 saturated carbocycles. The molecule has 41 heavy (non-hydrogen) atoms. The molecule has 4 heterocycles. The highest BCUT2D eigenvalue weighted by Gasteiger charge is 2.28. The zero-order valence-corrected chi connectivity index (χ0v) is 22.8. The molecule has 3 aromatic heterocycles. The van der Waals surface area contributed by atoms with Gasteiger partial charge in [-0.05, 0) is 49.6 Å². The number of pyridine rings is 1. The van der Waals surface area contributed by atoms with E-state index < -0.39 is 23.9 Å². The van der Waals surface area contributed by atoms with Gasteiger partial charge < -0.3 is 15.4 Å². The summed E-state index contributed by atoms with van der Waals surface area (Å²) in [5.41, 5.74) is 3.62. The average molecular weight is 557 g/mol. The summed E-state index contributed by atoms with van der Waals surface area (Å²) in [4.78, 5) is 22.4. The fourth-order valence-electron chi connectivity index (χ4n) is 5.11. The molecule has 0 aliphatic carbocycles. The van der Waals surface area contributed by atoms with Gasteiger partial charge in [0.2, 0.25) is 11.9 Å². The van der Waals surface area contributed by atoms with Crippen molar-refractivity contribution in [2.24, 2.45) is 0 Å². The molecule has 1 fully saturated rings. The lowest BCUT2D eigenvalue weighted by molar-refractivity contribution is 0.0220. The molecular formula is C30H30F2N8O. The van der Waals surface area contributed by atoms with Crippen LogP contribution in [-0.2, 0) is 11.2 Å². The minimum absolute atomic E-state index is 0.0576. The number of aromatic nitrogens is 6. The fraction of sp³-hybridized carbons (Fsp3) is 0.300. The van der Waals surface area contributed by atoms with Gasteiger partial charge in [0.1, 0.15) is 6.10 Å². The van der Waals surface area contributed by atoms with Crippen LogP contribution in [0.2, 0.25) is 0 Å². The first-order chi connectivity index (χ1) is 19.9. The minimum atomic E-state index is -2.83. The highest BCUT2D eigenvalue weighted by molar-refractivity contribution is 5.77. The molecule has 0 bridgehead atoms. The van der Waals surface area contributed by atoms with Crippen molar-refractivity contribution in [3.8, 4) is 17.1 Å². The summed E-state index contributed by atoms with van der Waals surface area (Å²) >= 11 is 0. The maximum atomic E-state index is 14.2. The van der Waals surface area contributed by atoms with Crippen molar-refractivity contribution in [3.63, 3.8) is 0 Å². The van der Waals surface area contributed by atoms with Crippen molar-refractivity contribution in [1.82, 2.24) is 34.8 Å². The summed E-state index contributed by atoms with van der Waals surface area (Å²) in [6, 6.07) is 19.1. The van der Waals surface area contributed by atoms with E-state index >= 15 is 0 Å². The van der Waals surface area contributed by atoms with E-state index in [4.69, 9.17) is 9.72 Å². The molecule has 0 spiro atoms. The third-order valence-corrected chi connectivity index (χ3v) is 6.91. The van der Waals surface area contributed by atoms with Crippen molar-refractivity contribution in [3.05, 3.63) is 90.3 Å². The summed E-state index contributed by atoms with van der Waals surface area (Å²) in [6.45, 7) is 5.79. The summed E-state index contributed by atoms with van der Waals surface area (Å²) < 4.78 is 35.6. The highest BCUT2D eigenvalue weighted by atomic mass is 19.3. The molecule has 6 rings (SSSR count). The van der Waals surface area contributed by atoms with E-state index in [9.17, 15) is 8.78 Å². The Morgan fingerprint density at radius 3 is 2.63 bits per heavy atom. The predicted octanol–water partition coefficient (Wildman–Crippen LogP) is 5.30. The third kappa shape index (κ3) is 5.77. The summed E-state index contributed by atoms with van der Waals surface area (Å²) in [5.74, 6) is 0.249. The lowest BCUT2D eigenvalue weighted by atomic mass is 9.90. The normalized spacial score (nSPS) is 15.9. The first-order valence-electron chi connectivity index (χ1n) is 13.5. The number of alkyl halides is 2. The zero-order chi connectivity index (χ0) is 28.4. The van der Waals surface area contributed by atoms with Crippen molar-refractivity contribution >= 4 is 17.0 Å². The van der Waals surface area contributed by atoms with E-state index in [1.165, 1.54) is 4.57 Å². The summed E-state index contributed by atoms with van der Waals surface area (Å²) in [5, 5.41) is 6.73. The smallest absolute Gasteiger partial charge is 0.296 e. The molecule has 0 radical (unpaired) electrons. The van der Waals surface area contributed by atoms with E-state index in [-0.39, 0.29) is 11.9 Å². The second-order valence-corrected chi connectivity index (χ2v) is 10.6. The molecule has 0 amide bonds. The Morgan fingerprint density at radius 2 is 1.85 bits per heavy atom. The second-order valence-electron chi connectivity index (χ2n) is 10.6. The minimum Gasteiger partial charge on any atom is -0.368 e. The standard InChI is InChI=1S/C30H30F2N8O/c1-30(2,16-19-8-3-4-10-21(19)20-9-7-13-33-17-20)39-28-36-26(24-18-34-14-15-41-24)37-29(38-28)40-23-12-6-5-11-22(23)35-27(40)25(31)32/h3-13,17,24-25,34H,14-16,18H2,1-2H3,(H,36,37,38,39). The van der Waals surface area contributed by atoms with Crippen LogP contribution in [0.3, 0.4) is 0 Å². The van der Waals surface area contributed by atoms with Crippen LogP contribution in [-0.4, -0.2) is 54.7 Å². The van der Waals surface area contributed by atoms with Crippen LogP contribution in [0.4, 0.5) is 14.7 Å². The number of imidazole rings is 1. The quantitative estimate of drug-likeness (QED) is 0.265. The number of nitrogens with one attached hydrogen (secondary N) is 2. The van der Waals surface area contributed by atoms with E-state index in [1.54, 1.807) is 30.5 Å². The Labute approximate surface area is 236 Å². The van der Waals surface area contributed by atoms with Gasteiger partial charge in [0.15, 0.2) is 11.6 Å². The molecule has 1 saturated heterocycles. The van der Waals surface area contributed by atoms with Crippen LogP contribution < -0.4 is 10.6 Å². The largest absolute Gasteiger partial charge is 0.368 e. The monoisotopic (exact) mass is 556 g/mol. The van der Waals surface area contributed by atoms with Gasteiger partial charge in [-0.3, -0.25) is 9.55 Å². The average Bonchev–Trinajstić information content (AvgIpc) is 3.38. The van der Waals surface area contributed by atoms with Crippen molar-refractivity contribution in [2.45, 2.75) is 38.3 Å². The van der Waals surface area contributed by atoms with Gasteiger partial charge in [-0.25, -0.2) is 13.8 Å². The van der Waals surface area contributed by atoms with Crippen LogP contribution >= 0.6 is 0 Å². The number of benzene rings is 2. The van der Waals surface area contributed by atoms with Crippen LogP contribution in [0, 0.1) is 0 Å². The van der Waals surface area contributed by atoms with E-state index in [2.05, 4.69) is 42.7 Å². The van der Waals surface area contributed by atoms with Gasteiger partial charge >= 0.3 is 0 Å². The number of nitrogens with zero attached hydrogens (tertiary/aromatic N) is 6. The van der Waals surface area contributed by atoms with Crippen LogP contribution in [0.25, 0.3) is 28.1 Å². The Balaban J connectivity index is 1.40. The number of morpholine rings is 1. The topological polar surface area (TPSA) is 103 Å². The van der Waals surface area contributed by atoms with Crippen LogP contribution in [0.15, 0.2) is 73.1 Å². The number of para-hydroxylation sites is 2. The van der Waals surface area contributed by atoms with E-state index in [1.807, 2.05) is 44.3 Å². The molecular weight excluding hydrogens is 526 g/mol. The molecule has 1 aliphatic rings. The van der Waals surface area contributed by atoms with Gasteiger partial charge in [0, 0.05) is 36.6 Å². The molecule has 210 valence electrons. The molecule has 5 aromatic rings. The molecule has 1 atom stereocenters. The lowest BCUT2D eigenvalue weighted by Gasteiger charge is -2.28. The lowest BCUT2D eigenvalue weighted by Crippen LogP contribution is -2.36. The predicted molar refractivity (Wildman–Crippen MR) is 152 cm³/mol. The Kier molecular flexibility index (Phi) is 7.38. The second kappa shape index (κ2) is 11.3. The summed E-state index contributed by atoms with van der Waals surface area (Å²) in [6.07, 6.45) is 0.948. The number of hydrogen-bond acceptors (Lipinski definition) is 8. The number of ether oxygens (including phenoxy) is 1. The highest BCUT2D eigenvalue weighted by Crippen LogP contribution is 2.30. The molecule has 1 unspecified atom stereocenters. The van der Waals surface area contributed by atoms with Crippen molar-refractivity contribution in [1.29, 1.82) is 0 Å². The maximum absolute atomic E-state index is 14.2. The van der Waals surface area contributed by atoms with Crippen molar-refractivity contribution in [2.75, 3.05) is 25.0 Å². The number of anilines is 1. The number of rotatable bonds is 8. The molecule has 9 nitrogen and oxygen atoms in total. The van der Waals surface area contributed by atoms with Crippen molar-refractivity contribution < 1.29 is 13.5 Å². The van der Waals surface area contributed by atoms with Gasteiger partial charge in [-0.1, -0.05) is 42.5 Å². The molecule has 2 aromatic carbocycles. The third-order valence-electron chi connectivity index (χ3n) is 6.91. The Bertz CT molecular complexity index is 1650. The molecule has 1 aliphatic heterocycles. The fourth-order valence-corrected chi connectivity index (χ4v) is 5.11. The maximum Gasteiger partial charge on any atom is 0.296 e. The Morgan fingerprint density at radius 1 is 1.02 bits per heavy atom. The van der Waals surface area contributed by atoms with Crippen LogP contribution in [0.1, 0.15) is 43.6 Å². The number of halogens is 2. The van der Waals surface area contributed by atoms with Gasteiger partial charge in [0.25, 0.3) is 6.43 Å². The van der Waals surface area contributed by atoms with Gasteiger partial charge in [-0.2, -0.15) is 15.0 Å².